The Hall–Kier alpha value is -1.26. The van der Waals surface area contributed by atoms with Crippen LogP contribution >= 0.6 is 0 Å². The number of amides is 1. The van der Waals surface area contributed by atoms with Crippen LogP contribution in [0.1, 0.15) is 40.0 Å². The van der Waals surface area contributed by atoms with E-state index in [1.165, 1.54) is 19.3 Å². The van der Waals surface area contributed by atoms with Gasteiger partial charge in [-0.25, -0.2) is 4.99 Å². The third kappa shape index (κ3) is 4.90. The second-order valence-electron chi connectivity index (χ2n) is 7.70. The lowest BCUT2D eigenvalue weighted by molar-refractivity contribution is -0.127. The summed E-state index contributed by atoms with van der Waals surface area (Å²) >= 11 is 0. The zero-order chi connectivity index (χ0) is 15.6. The first-order valence-electron chi connectivity index (χ1n) is 8.03. The van der Waals surface area contributed by atoms with Gasteiger partial charge in [-0.2, -0.15) is 0 Å². The molecule has 0 aromatic carbocycles. The molecule has 120 valence electrons. The Morgan fingerprint density at radius 1 is 1.38 bits per heavy atom. The van der Waals surface area contributed by atoms with E-state index in [0.717, 1.165) is 19.0 Å². The molecular weight excluding hydrogens is 264 g/mol. The normalized spacial score (nSPS) is 25.7. The number of likely N-dealkylation sites (tertiary alicyclic amines) is 1. The predicted octanol–water partition coefficient (Wildman–Crippen LogP) is 1.55. The molecule has 0 aromatic rings. The molecule has 5 nitrogen and oxygen atoms in total. The Morgan fingerprint density at radius 2 is 2.05 bits per heavy atom. The predicted molar refractivity (Wildman–Crippen MR) is 86.3 cm³/mol. The molecule has 0 bridgehead atoms. The average molecular weight is 294 g/mol. The van der Waals surface area contributed by atoms with Crippen LogP contribution in [0.5, 0.6) is 0 Å². The van der Waals surface area contributed by atoms with Crippen molar-refractivity contribution in [3.63, 3.8) is 0 Å². The van der Waals surface area contributed by atoms with Crippen molar-refractivity contribution in [3.8, 4) is 0 Å². The number of carbonyl (C=O) groups is 1. The standard InChI is InChI=1S/C16H30N4O/c1-12-8-16(2,3)11-20(10-12)15(18-13-6-7-13)17-9-14(21)19(4)5/h12-13H,6-11H2,1-5H3,(H,17,18). The molecular formula is C16H30N4O. The maximum absolute atomic E-state index is 11.8. The lowest BCUT2D eigenvalue weighted by Crippen LogP contribution is -2.52. The van der Waals surface area contributed by atoms with E-state index >= 15 is 0 Å². The monoisotopic (exact) mass is 294 g/mol. The summed E-state index contributed by atoms with van der Waals surface area (Å²) in [4.78, 5) is 20.3. The van der Waals surface area contributed by atoms with Crippen molar-refractivity contribution in [3.05, 3.63) is 0 Å². The summed E-state index contributed by atoms with van der Waals surface area (Å²) in [5.74, 6) is 1.63. The van der Waals surface area contributed by atoms with Crippen molar-refractivity contribution in [2.24, 2.45) is 16.3 Å². The third-order valence-corrected chi connectivity index (χ3v) is 4.12. The molecule has 1 N–H and O–H groups in total. The van der Waals surface area contributed by atoms with Crippen molar-refractivity contribution in [2.75, 3.05) is 33.7 Å². The quantitative estimate of drug-likeness (QED) is 0.634. The zero-order valence-corrected chi connectivity index (χ0v) is 14.1. The summed E-state index contributed by atoms with van der Waals surface area (Å²) in [6.07, 6.45) is 3.68. The van der Waals surface area contributed by atoms with Crippen molar-refractivity contribution in [1.82, 2.24) is 15.1 Å². The summed E-state index contributed by atoms with van der Waals surface area (Å²) in [5.41, 5.74) is 0.301. The van der Waals surface area contributed by atoms with Crippen LogP contribution in [0.4, 0.5) is 0 Å². The van der Waals surface area contributed by atoms with Crippen LogP contribution in [-0.2, 0) is 4.79 Å². The van der Waals surface area contributed by atoms with E-state index in [1.807, 2.05) is 0 Å². The zero-order valence-electron chi connectivity index (χ0n) is 14.1. The molecule has 1 heterocycles. The molecule has 5 heteroatoms. The molecule has 1 atom stereocenters. The number of aliphatic imine (C=N–C) groups is 1. The van der Waals surface area contributed by atoms with Crippen LogP contribution in [0.2, 0.25) is 0 Å². The molecule has 0 spiro atoms. The van der Waals surface area contributed by atoms with E-state index in [1.54, 1.807) is 19.0 Å². The highest BCUT2D eigenvalue weighted by Gasteiger charge is 2.34. The fraction of sp³-hybridized carbons (Fsp3) is 0.875. The topological polar surface area (TPSA) is 47.9 Å². The molecule has 1 saturated carbocycles. The number of hydrogen-bond donors (Lipinski definition) is 1. The smallest absolute Gasteiger partial charge is 0.243 e. The SMILES string of the molecule is CC1CN(C(=NCC(=O)N(C)C)NC2CC2)CC(C)(C)C1. The van der Waals surface area contributed by atoms with Crippen molar-refractivity contribution in [1.29, 1.82) is 0 Å². The Kier molecular flexibility index (Phi) is 4.79. The first kappa shape index (κ1) is 16.1. The van der Waals surface area contributed by atoms with Crippen LogP contribution in [0.3, 0.4) is 0 Å². The summed E-state index contributed by atoms with van der Waals surface area (Å²) < 4.78 is 0. The lowest BCUT2D eigenvalue weighted by Gasteiger charge is -2.43. The first-order chi connectivity index (χ1) is 9.77. The van der Waals surface area contributed by atoms with Crippen molar-refractivity contribution >= 4 is 11.9 Å². The van der Waals surface area contributed by atoms with Gasteiger partial charge in [0.25, 0.3) is 0 Å². The van der Waals surface area contributed by atoms with E-state index < -0.39 is 0 Å². The maximum Gasteiger partial charge on any atom is 0.243 e. The molecule has 0 radical (unpaired) electrons. The number of nitrogens with one attached hydrogen (secondary N) is 1. The van der Waals surface area contributed by atoms with Gasteiger partial charge < -0.3 is 15.1 Å². The fourth-order valence-electron chi connectivity index (χ4n) is 3.12. The van der Waals surface area contributed by atoms with Gasteiger partial charge in [-0.3, -0.25) is 4.79 Å². The Bertz CT molecular complexity index is 413. The highest BCUT2D eigenvalue weighted by Crippen LogP contribution is 2.32. The Labute approximate surface area is 128 Å². The van der Waals surface area contributed by atoms with Gasteiger partial charge in [0.05, 0.1) is 0 Å². The minimum atomic E-state index is 0.0504. The average Bonchev–Trinajstić information content (AvgIpc) is 3.15. The second kappa shape index (κ2) is 6.24. The summed E-state index contributed by atoms with van der Waals surface area (Å²) in [6, 6.07) is 0.554. The van der Waals surface area contributed by atoms with Crippen LogP contribution in [0.25, 0.3) is 0 Å². The highest BCUT2D eigenvalue weighted by atomic mass is 16.2. The number of likely N-dealkylation sites (N-methyl/N-ethyl adjacent to an activating group) is 1. The van der Waals surface area contributed by atoms with Crippen LogP contribution in [0, 0.1) is 11.3 Å². The number of rotatable bonds is 3. The molecule has 1 saturated heterocycles. The maximum atomic E-state index is 11.8. The van der Waals surface area contributed by atoms with Gasteiger partial charge in [0.2, 0.25) is 5.91 Å². The van der Waals surface area contributed by atoms with E-state index in [4.69, 9.17) is 0 Å². The Morgan fingerprint density at radius 3 is 2.57 bits per heavy atom. The summed E-state index contributed by atoms with van der Waals surface area (Å²) in [5, 5.41) is 3.52. The van der Waals surface area contributed by atoms with Gasteiger partial charge in [0, 0.05) is 33.2 Å². The molecule has 0 aromatic heterocycles. The van der Waals surface area contributed by atoms with E-state index in [0.29, 0.717) is 17.4 Å². The van der Waals surface area contributed by atoms with Crippen molar-refractivity contribution < 1.29 is 4.79 Å². The fourth-order valence-corrected chi connectivity index (χ4v) is 3.12. The molecule has 2 fully saturated rings. The van der Waals surface area contributed by atoms with Gasteiger partial charge in [0.15, 0.2) is 5.96 Å². The number of nitrogens with zero attached hydrogens (tertiary/aromatic N) is 3. The van der Waals surface area contributed by atoms with Gasteiger partial charge in [-0.1, -0.05) is 20.8 Å². The molecule has 1 unspecified atom stereocenters. The number of guanidine groups is 1. The molecule has 1 aliphatic heterocycles. The van der Waals surface area contributed by atoms with Gasteiger partial charge >= 0.3 is 0 Å². The minimum Gasteiger partial charge on any atom is -0.353 e. The molecule has 1 amide bonds. The summed E-state index contributed by atoms with van der Waals surface area (Å²) in [6.45, 7) is 9.19. The van der Waals surface area contributed by atoms with E-state index in [2.05, 4.69) is 36.0 Å². The second-order valence-corrected chi connectivity index (χ2v) is 7.70. The lowest BCUT2D eigenvalue weighted by atomic mass is 9.79. The minimum absolute atomic E-state index is 0.0504. The van der Waals surface area contributed by atoms with E-state index in [-0.39, 0.29) is 12.5 Å². The summed E-state index contributed by atoms with van der Waals surface area (Å²) in [7, 11) is 3.55. The number of hydrogen-bond acceptors (Lipinski definition) is 2. The van der Waals surface area contributed by atoms with Crippen LogP contribution in [0.15, 0.2) is 4.99 Å². The van der Waals surface area contributed by atoms with Gasteiger partial charge in [0.1, 0.15) is 6.54 Å². The molecule has 2 rings (SSSR count). The molecule has 21 heavy (non-hydrogen) atoms. The molecule has 2 aliphatic rings. The van der Waals surface area contributed by atoms with Crippen LogP contribution in [-0.4, -0.2) is 61.4 Å². The number of piperidine rings is 1. The highest BCUT2D eigenvalue weighted by molar-refractivity contribution is 5.85. The largest absolute Gasteiger partial charge is 0.353 e. The van der Waals surface area contributed by atoms with E-state index in [9.17, 15) is 4.79 Å². The third-order valence-electron chi connectivity index (χ3n) is 4.12. The number of carbonyl (C=O) groups excluding carboxylic acids is 1. The van der Waals surface area contributed by atoms with Crippen LogP contribution < -0.4 is 5.32 Å². The first-order valence-corrected chi connectivity index (χ1v) is 8.03. The molecule has 1 aliphatic carbocycles. The van der Waals surface area contributed by atoms with Gasteiger partial charge in [-0.15, -0.1) is 0 Å². The van der Waals surface area contributed by atoms with Gasteiger partial charge in [-0.05, 0) is 30.6 Å². The van der Waals surface area contributed by atoms with Crippen molar-refractivity contribution in [2.45, 2.75) is 46.1 Å². The Balaban J connectivity index is 2.07.